The second-order valence-corrected chi connectivity index (χ2v) is 4.54. The van der Waals surface area contributed by atoms with E-state index in [1.165, 1.54) is 12.8 Å². The van der Waals surface area contributed by atoms with Crippen molar-refractivity contribution in [1.29, 1.82) is 0 Å². The van der Waals surface area contributed by atoms with Gasteiger partial charge in [0.05, 0.1) is 4.92 Å². The lowest BCUT2D eigenvalue weighted by molar-refractivity contribution is -0.384. The second-order valence-electron chi connectivity index (χ2n) is 4.54. The van der Waals surface area contributed by atoms with Crippen LogP contribution in [-0.2, 0) is 0 Å². The van der Waals surface area contributed by atoms with Gasteiger partial charge in [0, 0.05) is 12.6 Å². The number of nitro groups is 1. The molecule has 1 saturated carbocycles. The van der Waals surface area contributed by atoms with Gasteiger partial charge in [0.2, 0.25) is 0 Å². The van der Waals surface area contributed by atoms with E-state index in [0.717, 1.165) is 17.7 Å². The van der Waals surface area contributed by atoms with Crippen molar-refractivity contribution in [3.05, 3.63) is 33.4 Å². The Hall–Kier alpha value is -1.58. The Balaban J connectivity index is 2.24. The normalized spacial score (nSPS) is 14.9. The Bertz CT molecular complexity index is 425. The Morgan fingerprint density at radius 2 is 2.00 bits per heavy atom. The van der Waals surface area contributed by atoms with Gasteiger partial charge in [-0.3, -0.25) is 10.1 Å². The first-order chi connectivity index (χ1) is 7.58. The molecule has 0 spiro atoms. The maximum atomic E-state index is 10.9. The molecule has 16 heavy (non-hydrogen) atoms. The second kappa shape index (κ2) is 4.12. The monoisotopic (exact) mass is 220 g/mol. The summed E-state index contributed by atoms with van der Waals surface area (Å²) in [5.41, 5.74) is 2.89. The number of nitrogens with zero attached hydrogens (tertiary/aromatic N) is 1. The maximum absolute atomic E-state index is 10.9. The van der Waals surface area contributed by atoms with E-state index in [1.54, 1.807) is 6.07 Å². The Kier molecular flexibility index (Phi) is 2.81. The molecule has 0 amide bonds. The molecule has 1 aromatic carbocycles. The molecular weight excluding hydrogens is 204 g/mol. The van der Waals surface area contributed by atoms with Gasteiger partial charge in [-0.25, -0.2) is 0 Å². The first-order valence-electron chi connectivity index (χ1n) is 5.57. The number of nitro benzene ring substituents is 1. The highest BCUT2D eigenvalue weighted by Gasteiger charge is 2.22. The molecule has 0 aliphatic heterocycles. The summed E-state index contributed by atoms with van der Waals surface area (Å²) in [6, 6.07) is 3.51. The van der Waals surface area contributed by atoms with E-state index in [-0.39, 0.29) is 10.6 Å². The van der Waals surface area contributed by atoms with Crippen molar-refractivity contribution in [2.24, 2.45) is 5.92 Å². The summed E-state index contributed by atoms with van der Waals surface area (Å²) < 4.78 is 0. The maximum Gasteiger partial charge on any atom is 0.292 e. The number of nitrogens with one attached hydrogen (secondary N) is 1. The molecule has 86 valence electrons. The van der Waals surface area contributed by atoms with Crippen LogP contribution in [0.15, 0.2) is 12.1 Å². The van der Waals surface area contributed by atoms with Gasteiger partial charge in [-0.2, -0.15) is 0 Å². The zero-order valence-corrected chi connectivity index (χ0v) is 9.62. The SMILES string of the molecule is Cc1cc(NCC2CC2)c([N+](=O)[O-])cc1C. The fourth-order valence-electron chi connectivity index (χ4n) is 1.67. The van der Waals surface area contributed by atoms with E-state index < -0.39 is 0 Å². The summed E-state index contributed by atoms with van der Waals surface area (Å²) in [6.45, 7) is 4.72. The molecule has 0 aromatic heterocycles. The van der Waals surface area contributed by atoms with E-state index in [4.69, 9.17) is 0 Å². The summed E-state index contributed by atoms with van der Waals surface area (Å²) in [5.74, 6) is 0.709. The highest BCUT2D eigenvalue weighted by Crippen LogP contribution is 2.32. The van der Waals surface area contributed by atoms with Crippen LogP contribution in [0.1, 0.15) is 24.0 Å². The van der Waals surface area contributed by atoms with Gasteiger partial charge in [0.25, 0.3) is 5.69 Å². The fourth-order valence-corrected chi connectivity index (χ4v) is 1.67. The van der Waals surface area contributed by atoms with E-state index in [0.29, 0.717) is 11.6 Å². The van der Waals surface area contributed by atoms with Gasteiger partial charge in [-0.15, -0.1) is 0 Å². The number of aryl methyl sites for hydroxylation is 2. The minimum absolute atomic E-state index is 0.184. The summed E-state index contributed by atoms with van der Waals surface area (Å²) in [4.78, 5) is 10.6. The van der Waals surface area contributed by atoms with E-state index in [1.807, 2.05) is 19.9 Å². The predicted molar refractivity (Wildman–Crippen MR) is 63.8 cm³/mol. The van der Waals surface area contributed by atoms with Crippen LogP contribution in [0.25, 0.3) is 0 Å². The van der Waals surface area contributed by atoms with Crippen molar-refractivity contribution >= 4 is 11.4 Å². The number of hydrogen-bond acceptors (Lipinski definition) is 3. The third-order valence-electron chi connectivity index (χ3n) is 3.09. The molecular formula is C12H16N2O2. The van der Waals surface area contributed by atoms with Crippen LogP contribution in [0.3, 0.4) is 0 Å². The molecule has 1 aromatic rings. The van der Waals surface area contributed by atoms with E-state index >= 15 is 0 Å². The Labute approximate surface area is 94.8 Å². The van der Waals surface area contributed by atoms with Crippen LogP contribution in [-0.4, -0.2) is 11.5 Å². The van der Waals surface area contributed by atoms with Crippen LogP contribution in [0.2, 0.25) is 0 Å². The van der Waals surface area contributed by atoms with Gasteiger partial charge >= 0.3 is 0 Å². The Morgan fingerprint density at radius 3 is 2.56 bits per heavy atom. The van der Waals surface area contributed by atoms with Crippen LogP contribution >= 0.6 is 0 Å². The zero-order valence-electron chi connectivity index (χ0n) is 9.62. The minimum Gasteiger partial charge on any atom is -0.379 e. The molecule has 4 heteroatoms. The molecule has 4 nitrogen and oxygen atoms in total. The number of hydrogen-bond donors (Lipinski definition) is 1. The van der Waals surface area contributed by atoms with Gasteiger partial charge in [0.1, 0.15) is 5.69 Å². The molecule has 1 aliphatic carbocycles. The van der Waals surface area contributed by atoms with Crippen LogP contribution < -0.4 is 5.32 Å². The van der Waals surface area contributed by atoms with Crippen molar-refractivity contribution < 1.29 is 4.92 Å². The standard InChI is InChI=1S/C12H16N2O2/c1-8-5-11(13-7-10-3-4-10)12(14(15)16)6-9(8)2/h5-6,10,13H,3-4,7H2,1-2H3. The topological polar surface area (TPSA) is 55.2 Å². The predicted octanol–water partition coefficient (Wildman–Crippen LogP) is 3.03. The van der Waals surface area contributed by atoms with Gasteiger partial charge in [0.15, 0.2) is 0 Å². The molecule has 1 N–H and O–H groups in total. The molecule has 0 bridgehead atoms. The summed E-state index contributed by atoms with van der Waals surface area (Å²) >= 11 is 0. The van der Waals surface area contributed by atoms with Gasteiger partial charge in [-0.05, 0) is 49.8 Å². The average Bonchev–Trinajstić information content (AvgIpc) is 3.02. The third-order valence-corrected chi connectivity index (χ3v) is 3.09. The summed E-state index contributed by atoms with van der Waals surface area (Å²) in [5, 5.41) is 14.1. The lowest BCUT2D eigenvalue weighted by Gasteiger charge is -2.09. The molecule has 0 saturated heterocycles. The van der Waals surface area contributed by atoms with E-state index in [9.17, 15) is 10.1 Å². The highest BCUT2D eigenvalue weighted by molar-refractivity contribution is 5.64. The van der Waals surface area contributed by atoms with Crippen molar-refractivity contribution in [1.82, 2.24) is 0 Å². The minimum atomic E-state index is -0.318. The third kappa shape index (κ3) is 2.32. The lowest BCUT2D eigenvalue weighted by Crippen LogP contribution is -2.06. The molecule has 0 atom stereocenters. The van der Waals surface area contributed by atoms with Crippen molar-refractivity contribution in [3.63, 3.8) is 0 Å². The lowest BCUT2D eigenvalue weighted by atomic mass is 10.1. The van der Waals surface area contributed by atoms with Crippen LogP contribution in [0.4, 0.5) is 11.4 Å². The average molecular weight is 220 g/mol. The molecule has 1 fully saturated rings. The zero-order chi connectivity index (χ0) is 11.7. The Morgan fingerprint density at radius 1 is 1.38 bits per heavy atom. The summed E-state index contributed by atoms with van der Waals surface area (Å²) in [6.07, 6.45) is 2.48. The molecule has 2 rings (SSSR count). The molecule has 0 heterocycles. The van der Waals surface area contributed by atoms with Crippen molar-refractivity contribution in [2.75, 3.05) is 11.9 Å². The van der Waals surface area contributed by atoms with Crippen molar-refractivity contribution in [3.8, 4) is 0 Å². The quantitative estimate of drug-likeness (QED) is 0.626. The summed E-state index contributed by atoms with van der Waals surface area (Å²) in [7, 11) is 0. The van der Waals surface area contributed by atoms with Crippen LogP contribution in [0.5, 0.6) is 0 Å². The molecule has 0 unspecified atom stereocenters. The number of anilines is 1. The van der Waals surface area contributed by atoms with E-state index in [2.05, 4.69) is 5.32 Å². The molecule has 1 aliphatic rings. The van der Waals surface area contributed by atoms with Gasteiger partial charge < -0.3 is 5.32 Å². The van der Waals surface area contributed by atoms with Crippen LogP contribution in [0, 0.1) is 29.9 Å². The molecule has 0 radical (unpaired) electrons. The smallest absolute Gasteiger partial charge is 0.292 e. The van der Waals surface area contributed by atoms with Gasteiger partial charge in [-0.1, -0.05) is 0 Å². The fraction of sp³-hybridized carbons (Fsp3) is 0.500. The first kappa shape index (κ1) is 10.9. The first-order valence-corrected chi connectivity index (χ1v) is 5.57. The largest absolute Gasteiger partial charge is 0.379 e. The number of rotatable bonds is 4. The van der Waals surface area contributed by atoms with Crippen molar-refractivity contribution in [2.45, 2.75) is 26.7 Å². The number of benzene rings is 1. The highest BCUT2D eigenvalue weighted by atomic mass is 16.6.